The quantitative estimate of drug-likeness (QED) is 0.766. The van der Waals surface area contributed by atoms with Gasteiger partial charge in [0.2, 0.25) is 5.91 Å². The lowest BCUT2D eigenvalue weighted by Crippen LogP contribution is -2.19. The van der Waals surface area contributed by atoms with Gasteiger partial charge in [-0.05, 0) is 47.7 Å². The Bertz CT molecular complexity index is 728. The molecule has 2 rings (SSSR count). The van der Waals surface area contributed by atoms with Gasteiger partial charge < -0.3 is 14.8 Å². The molecule has 0 unspecified atom stereocenters. The zero-order valence-electron chi connectivity index (χ0n) is 13.2. The average molecular weight is 353 g/mol. The van der Waals surface area contributed by atoms with Gasteiger partial charge in [0.25, 0.3) is 0 Å². The number of hydrogen-bond acceptors (Lipinski definition) is 4. The van der Waals surface area contributed by atoms with E-state index in [1.165, 1.54) is 25.3 Å². The molecule has 0 aliphatic rings. The summed E-state index contributed by atoms with van der Waals surface area (Å²) in [5, 5.41) is 4.77. The molecule has 128 valence electrons. The molecule has 0 atom stereocenters. The molecule has 2 aromatic rings. The van der Waals surface area contributed by atoms with Crippen LogP contribution in [0.2, 0.25) is 0 Å². The molecule has 0 saturated heterocycles. The van der Waals surface area contributed by atoms with Crippen LogP contribution in [0.4, 0.5) is 8.78 Å². The largest absolute Gasteiger partial charge is 0.493 e. The maximum atomic E-state index is 12.3. The van der Waals surface area contributed by atoms with E-state index >= 15 is 0 Å². The molecular weight excluding hydrogens is 336 g/mol. The predicted molar refractivity (Wildman–Crippen MR) is 89.6 cm³/mol. The van der Waals surface area contributed by atoms with Crippen molar-refractivity contribution in [1.29, 1.82) is 0 Å². The Kier molecular flexibility index (Phi) is 6.31. The van der Waals surface area contributed by atoms with E-state index in [-0.39, 0.29) is 17.4 Å². The third-order valence-electron chi connectivity index (χ3n) is 3.22. The number of ether oxygens (including phenoxy) is 2. The van der Waals surface area contributed by atoms with Crippen molar-refractivity contribution in [2.45, 2.75) is 20.1 Å². The minimum absolute atomic E-state index is 0.0535. The van der Waals surface area contributed by atoms with Crippen molar-refractivity contribution in [2.75, 3.05) is 7.11 Å². The number of carbonyl (C=O) groups is 1. The molecule has 0 aliphatic carbocycles. The van der Waals surface area contributed by atoms with E-state index in [0.29, 0.717) is 12.1 Å². The average Bonchev–Trinajstić information content (AvgIpc) is 2.96. The third kappa shape index (κ3) is 5.06. The number of aryl methyl sites for hydroxylation is 1. The van der Waals surface area contributed by atoms with E-state index in [4.69, 9.17) is 4.74 Å². The first kappa shape index (κ1) is 17.9. The monoisotopic (exact) mass is 353 g/mol. The van der Waals surface area contributed by atoms with Gasteiger partial charge in [-0.2, -0.15) is 8.78 Å². The summed E-state index contributed by atoms with van der Waals surface area (Å²) in [6, 6.07) is 6.45. The van der Waals surface area contributed by atoms with Crippen molar-refractivity contribution in [2.24, 2.45) is 0 Å². The van der Waals surface area contributed by atoms with Gasteiger partial charge in [-0.25, -0.2) is 0 Å². The molecule has 1 N–H and O–H groups in total. The van der Waals surface area contributed by atoms with Crippen molar-refractivity contribution in [3.63, 3.8) is 0 Å². The molecule has 1 aromatic heterocycles. The molecule has 0 spiro atoms. The van der Waals surface area contributed by atoms with Gasteiger partial charge >= 0.3 is 6.61 Å². The Morgan fingerprint density at radius 3 is 2.75 bits per heavy atom. The molecule has 0 fully saturated rings. The normalized spacial score (nSPS) is 11.0. The highest BCUT2D eigenvalue weighted by Crippen LogP contribution is 2.29. The molecule has 1 amide bonds. The number of hydrogen-bond donors (Lipinski definition) is 1. The topological polar surface area (TPSA) is 47.6 Å². The number of amides is 1. The van der Waals surface area contributed by atoms with Gasteiger partial charge in [0.1, 0.15) is 0 Å². The zero-order valence-corrected chi connectivity index (χ0v) is 14.0. The molecule has 4 nitrogen and oxygen atoms in total. The smallest absolute Gasteiger partial charge is 0.387 e. The number of thiophene rings is 1. The molecule has 1 heterocycles. The number of nitrogens with one attached hydrogen (secondary N) is 1. The summed E-state index contributed by atoms with van der Waals surface area (Å²) in [5.74, 6) is -0.121. The molecule has 1 aromatic carbocycles. The van der Waals surface area contributed by atoms with Gasteiger partial charge in [0.05, 0.1) is 13.7 Å². The lowest BCUT2D eigenvalue weighted by Gasteiger charge is -2.10. The molecule has 0 saturated carbocycles. The number of rotatable bonds is 7. The molecular formula is C17H17F2NO3S. The Labute approximate surface area is 142 Å². The summed E-state index contributed by atoms with van der Waals surface area (Å²) in [6.07, 6.45) is 2.96. The Morgan fingerprint density at radius 2 is 2.12 bits per heavy atom. The fourth-order valence-electron chi connectivity index (χ4n) is 1.96. The molecule has 24 heavy (non-hydrogen) atoms. The summed E-state index contributed by atoms with van der Waals surface area (Å²) >= 11 is 1.59. The zero-order chi connectivity index (χ0) is 17.5. The van der Waals surface area contributed by atoms with Crippen molar-refractivity contribution in [3.05, 3.63) is 51.7 Å². The SMILES string of the molecule is COc1cc(/C=C/C(=O)NCc2sccc2C)ccc1OC(F)F. The summed E-state index contributed by atoms with van der Waals surface area (Å²) in [4.78, 5) is 12.9. The van der Waals surface area contributed by atoms with Gasteiger partial charge in [0, 0.05) is 11.0 Å². The van der Waals surface area contributed by atoms with E-state index in [1.807, 2.05) is 18.4 Å². The third-order valence-corrected chi connectivity index (χ3v) is 4.25. The summed E-state index contributed by atoms with van der Waals surface area (Å²) in [5.41, 5.74) is 1.78. The summed E-state index contributed by atoms with van der Waals surface area (Å²) in [6.45, 7) is -0.466. The van der Waals surface area contributed by atoms with Gasteiger partial charge in [-0.15, -0.1) is 11.3 Å². The van der Waals surface area contributed by atoms with Crippen LogP contribution in [0.1, 0.15) is 16.0 Å². The van der Waals surface area contributed by atoms with Crippen LogP contribution in [0, 0.1) is 6.92 Å². The molecule has 0 aliphatic heterocycles. The minimum Gasteiger partial charge on any atom is -0.493 e. The predicted octanol–water partition coefficient (Wildman–Crippen LogP) is 4.00. The maximum Gasteiger partial charge on any atom is 0.387 e. The van der Waals surface area contributed by atoms with Crippen LogP contribution in [0.25, 0.3) is 6.08 Å². The highest BCUT2D eigenvalue weighted by molar-refractivity contribution is 7.10. The lowest BCUT2D eigenvalue weighted by atomic mass is 10.2. The fraction of sp³-hybridized carbons (Fsp3) is 0.235. The number of alkyl halides is 2. The van der Waals surface area contributed by atoms with Crippen LogP contribution in [-0.4, -0.2) is 19.6 Å². The number of carbonyl (C=O) groups excluding carboxylic acids is 1. The molecule has 0 bridgehead atoms. The number of benzene rings is 1. The Balaban J connectivity index is 1.97. The molecule has 0 radical (unpaired) electrons. The van der Waals surface area contributed by atoms with Crippen LogP contribution >= 0.6 is 11.3 Å². The summed E-state index contributed by atoms with van der Waals surface area (Å²) in [7, 11) is 1.36. The maximum absolute atomic E-state index is 12.3. The number of methoxy groups -OCH3 is 1. The van der Waals surface area contributed by atoms with E-state index in [1.54, 1.807) is 23.5 Å². The Morgan fingerprint density at radius 1 is 1.33 bits per heavy atom. The number of halogens is 2. The van der Waals surface area contributed by atoms with Crippen LogP contribution in [0.3, 0.4) is 0 Å². The van der Waals surface area contributed by atoms with E-state index < -0.39 is 6.61 Å². The fourth-order valence-corrected chi connectivity index (χ4v) is 2.81. The van der Waals surface area contributed by atoms with E-state index in [9.17, 15) is 13.6 Å². The van der Waals surface area contributed by atoms with Crippen LogP contribution in [-0.2, 0) is 11.3 Å². The van der Waals surface area contributed by atoms with Crippen molar-refractivity contribution < 1.29 is 23.0 Å². The van der Waals surface area contributed by atoms with Gasteiger partial charge in [0.15, 0.2) is 11.5 Å². The first-order chi connectivity index (χ1) is 11.5. The van der Waals surface area contributed by atoms with E-state index in [0.717, 1.165) is 10.4 Å². The van der Waals surface area contributed by atoms with Crippen molar-refractivity contribution in [1.82, 2.24) is 5.32 Å². The van der Waals surface area contributed by atoms with Crippen molar-refractivity contribution >= 4 is 23.3 Å². The first-order valence-electron chi connectivity index (χ1n) is 7.11. The second-order valence-electron chi connectivity index (χ2n) is 4.87. The van der Waals surface area contributed by atoms with Gasteiger partial charge in [-0.3, -0.25) is 4.79 Å². The summed E-state index contributed by atoms with van der Waals surface area (Å²) < 4.78 is 33.9. The first-order valence-corrected chi connectivity index (χ1v) is 7.99. The van der Waals surface area contributed by atoms with Crippen LogP contribution in [0.15, 0.2) is 35.7 Å². The standard InChI is InChI=1S/C17H17F2NO3S/c1-11-7-8-24-15(11)10-20-16(21)6-4-12-3-5-13(23-17(18)19)14(9-12)22-2/h3-9,17H,10H2,1-2H3,(H,20,21)/b6-4+. The van der Waals surface area contributed by atoms with E-state index in [2.05, 4.69) is 10.1 Å². The van der Waals surface area contributed by atoms with Crippen molar-refractivity contribution in [3.8, 4) is 11.5 Å². The van der Waals surface area contributed by atoms with Crippen LogP contribution < -0.4 is 14.8 Å². The highest BCUT2D eigenvalue weighted by atomic mass is 32.1. The van der Waals surface area contributed by atoms with Gasteiger partial charge in [-0.1, -0.05) is 6.07 Å². The Hall–Kier alpha value is -2.41. The highest BCUT2D eigenvalue weighted by Gasteiger charge is 2.10. The second-order valence-corrected chi connectivity index (χ2v) is 5.87. The van der Waals surface area contributed by atoms with Crippen LogP contribution in [0.5, 0.6) is 11.5 Å². The lowest BCUT2D eigenvalue weighted by molar-refractivity contribution is -0.116. The second kappa shape index (κ2) is 8.44. The minimum atomic E-state index is -2.92. The molecule has 7 heteroatoms.